The normalized spacial score (nSPS) is 22.1. The summed E-state index contributed by atoms with van der Waals surface area (Å²) in [7, 11) is 2.99. The third-order valence-electron chi connectivity index (χ3n) is 15.3. The van der Waals surface area contributed by atoms with E-state index in [1.54, 1.807) is 24.3 Å². The molecule has 4 fully saturated rings. The van der Waals surface area contributed by atoms with E-state index in [0.29, 0.717) is 117 Å². The van der Waals surface area contributed by atoms with E-state index in [4.69, 9.17) is 48.4 Å². The van der Waals surface area contributed by atoms with Crippen LogP contribution in [0, 0.1) is 17.8 Å². The minimum Gasteiger partial charge on any atom is -0.486 e. The Morgan fingerprint density at radius 1 is 0.602 bits per heavy atom. The topological polar surface area (TPSA) is 292 Å². The van der Waals surface area contributed by atoms with Crippen LogP contribution < -0.4 is 66.1 Å². The summed E-state index contributed by atoms with van der Waals surface area (Å²) < 4.78 is 51.7. The second kappa shape index (κ2) is 28.1. The fourth-order valence-corrected chi connectivity index (χ4v) is 11.0. The van der Waals surface area contributed by atoms with E-state index < -0.39 is 5.60 Å². The number of urea groups is 2. The molecule has 6 aliphatic rings. The van der Waals surface area contributed by atoms with Crippen LogP contribution in [-0.4, -0.2) is 143 Å². The van der Waals surface area contributed by atoms with Gasteiger partial charge in [-0.3, -0.25) is 14.4 Å². The molecular weight excluding hydrogens is 1070 g/mol. The molecule has 0 bridgehead atoms. The maximum absolute atomic E-state index is 12.9. The van der Waals surface area contributed by atoms with Crippen LogP contribution in [0.5, 0.6) is 34.8 Å². The van der Waals surface area contributed by atoms with Gasteiger partial charge in [0.25, 0.3) is 0 Å². The Kier molecular flexibility index (Phi) is 20.3. The van der Waals surface area contributed by atoms with Gasteiger partial charge in [-0.15, -0.1) is 0 Å². The molecule has 2 aliphatic carbocycles. The monoisotopic (exact) mass is 1150 g/mol. The Morgan fingerprint density at radius 3 is 1.52 bits per heavy atom. The molecule has 2 aromatic carbocycles. The standard InChI is InChI=1S/C33H44N4O8.C27H35N5O6/c1-33(2,3)45-28(38)17-20-8-9-22(16-20)35-32(40)37-26-11-10-25(36-31(26)41-4)24-6-5-7-27-29(24)44-23(19-43-27)18-34-30(39)21-12-14-42-15-13-21;1-35-26-22(32-27(34)30-18-6-5-17(28)13-18)8-7-21(31-26)20-3-2-4-23-24(20)38-19(15-37-23)14-29-25(33)16-9-11-36-12-10-16/h5-7,10-11,20-23H,8-9,12-19H2,1-4H3,(H,34,39)(H2,35,37,40);2-4,7-8,16-19H,5-6,9-15,28H2,1H3,(H,29,33)(H2,30,32,34)/t20-,22+,23?;17-,18+,19?/m11/s1. The summed E-state index contributed by atoms with van der Waals surface area (Å²) in [6.07, 6.45) is 7.42. The van der Waals surface area contributed by atoms with Gasteiger partial charge in [-0.05, 0) is 139 Å². The van der Waals surface area contributed by atoms with E-state index in [-0.39, 0.29) is 89.7 Å². The Labute approximate surface area is 483 Å². The molecule has 0 radical (unpaired) electrons. The number of nitrogens with two attached hydrogens (primary N) is 1. The number of rotatable bonds is 16. The molecule has 2 saturated heterocycles. The van der Waals surface area contributed by atoms with Crippen LogP contribution in [0.2, 0.25) is 0 Å². The van der Waals surface area contributed by atoms with Gasteiger partial charge in [0.05, 0.1) is 38.7 Å². The third-order valence-corrected chi connectivity index (χ3v) is 15.3. The van der Waals surface area contributed by atoms with Crippen molar-refractivity contribution in [2.45, 2.75) is 127 Å². The molecule has 4 aliphatic heterocycles. The summed E-state index contributed by atoms with van der Waals surface area (Å²) in [5.41, 5.74) is 8.89. The number of pyridine rings is 2. The average molecular weight is 1150 g/mol. The lowest BCUT2D eigenvalue weighted by Gasteiger charge is -2.29. The summed E-state index contributed by atoms with van der Waals surface area (Å²) >= 11 is 0. The van der Waals surface area contributed by atoms with E-state index in [9.17, 15) is 24.0 Å². The molecular formula is C60H79N9O14. The van der Waals surface area contributed by atoms with Crippen molar-refractivity contribution in [1.29, 1.82) is 0 Å². The van der Waals surface area contributed by atoms with Gasteiger partial charge >= 0.3 is 18.0 Å². The number of anilines is 2. The molecule has 23 heteroatoms. The van der Waals surface area contributed by atoms with Gasteiger partial charge in [-0.25, -0.2) is 19.6 Å². The lowest BCUT2D eigenvalue weighted by molar-refractivity contribution is -0.156. The fraction of sp³-hybridized carbons (Fsp3) is 0.550. The first kappa shape index (κ1) is 60.0. The van der Waals surface area contributed by atoms with E-state index in [2.05, 4.69) is 41.9 Å². The van der Waals surface area contributed by atoms with Crippen LogP contribution in [-0.2, 0) is 28.6 Å². The van der Waals surface area contributed by atoms with Crippen LogP contribution in [0.25, 0.3) is 22.5 Å². The number of nitrogens with one attached hydrogen (secondary N) is 6. The summed E-state index contributed by atoms with van der Waals surface area (Å²) in [4.78, 5) is 72.0. The van der Waals surface area contributed by atoms with Crippen molar-refractivity contribution in [3.8, 4) is 57.3 Å². The largest absolute Gasteiger partial charge is 0.486 e. The van der Waals surface area contributed by atoms with Gasteiger partial charge in [0.2, 0.25) is 23.6 Å². The summed E-state index contributed by atoms with van der Waals surface area (Å²) in [5.74, 6) is 2.70. The third kappa shape index (κ3) is 16.6. The van der Waals surface area contributed by atoms with E-state index >= 15 is 0 Å². The summed E-state index contributed by atoms with van der Waals surface area (Å²) in [5, 5.41) is 17.6. The maximum atomic E-state index is 12.9. The number of amides is 6. The highest BCUT2D eigenvalue weighted by molar-refractivity contribution is 5.92. The molecule has 2 aromatic heterocycles. The highest BCUT2D eigenvalue weighted by atomic mass is 16.6. The Balaban J connectivity index is 0.000000202. The zero-order chi connectivity index (χ0) is 58.5. The van der Waals surface area contributed by atoms with E-state index in [1.807, 2.05) is 57.2 Å². The number of methoxy groups -OCH3 is 2. The highest BCUT2D eigenvalue weighted by Gasteiger charge is 2.33. The van der Waals surface area contributed by atoms with Gasteiger partial charge in [0, 0.05) is 73.9 Å². The Hall–Kier alpha value is -7.63. The Bertz CT molecular complexity index is 2910. The van der Waals surface area contributed by atoms with Crippen molar-refractivity contribution in [3.63, 3.8) is 0 Å². The van der Waals surface area contributed by atoms with Crippen molar-refractivity contribution in [1.82, 2.24) is 31.2 Å². The molecule has 2 unspecified atom stereocenters. The molecule has 6 atom stereocenters. The van der Waals surface area contributed by atoms with Gasteiger partial charge in [0.1, 0.15) is 42.4 Å². The van der Waals surface area contributed by atoms with Gasteiger partial charge in [-0.1, -0.05) is 12.1 Å². The number of carbonyl (C=O) groups excluding carboxylic acids is 5. The number of benzene rings is 2. The number of fused-ring (bicyclic) bond motifs is 2. The van der Waals surface area contributed by atoms with Crippen molar-refractivity contribution in [2.24, 2.45) is 23.5 Å². The predicted molar refractivity (Wildman–Crippen MR) is 307 cm³/mol. The number of nitrogens with zero attached hydrogens (tertiary/aromatic N) is 2. The molecule has 0 spiro atoms. The number of hydrogen-bond acceptors (Lipinski definition) is 17. The van der Waals surface area contributed by atoms with Crippen molar-refractivity contribution >= 4 is 41.2 Å². The quantitative estimate of drug-likeness (QED) is 0.0561. The predicted octanol–water partition coefficient (Wildman–Crippen LogP) is 6.90. The van der Waals surface area contributed by atoms with Crippen LogP contribution in [0.15, 0.2) is 60.7 Å². The zero-order valence-electron chi connectivity index (χ0n) is 48.0. The molecule has 448 valence electrons. The van der Waals surface area contributed by atoms with Crippen LogP contribution in [0.1, 0.15) is 91.4 Å². The molecule has 6 amide bonds. The second-order valence-corrected chi connectivity index (χ2v) is 22.8. The molecule has 6 heterocycles. The molecule has 83 heavy (non-hydrogen) atoms. The summed E-state index contributed by atoms with van der Waals surface area (Å²) in [6, 6.07) is 17.6. The first-order valence-corrected chi connectivity index (χ1v) is 28.9. The second-order valence-electron chi connectivity index (χ2n) is 22.8. The SMILES string of the molecule is COc1nc(-c2cccc3c2OC(CNC(=O)C2CCOCC2)CO3)ccc1NC(=O)N[C@H]1CC[C@@H](CC(=O)OC(C)(C)C)C1.COc1nc(-c2cccc3c2OC(CNC(=O)C2CCOCC2)CO3)ccc1NC(=O)N[C@H]1CC[C@@H](N)C1. The first-order valence-electron chi connectivity index (χ1n) is 28.9. The lowest BCUT2D eigenvalue weighted by atomic mass is 9.99. The number of hydrogen-bond donors (Lipinski definition) is 7. The smallest absolute Gasteiger partial charge is 0.319 e. The maximum Gasteiger partial charge on any atom is 0.319 e. The van der Waals surface area contributed by atoms with Crippen molar-refractivity contribution in [2.75, 3.05) is 77.6 Å². The average Bonchev–Trinajstić information content (AvgIpc) is 4.30. The minimum atomic E-state index is -0.511. The number of ether oxygens (including phenoxy) is 9. The van der Waals surface area contributed by atoms with Gasteiger partial charge in [-0.2, -0.15) is 0 Å². The van der Waals surface area contributed by atoms with Crippen LogP contribution in [0.4, 0.5) is 21.0 Å². The molecule has 4 aromatic rings. The van der Waals surface area contributed by atoms with Crippen molar-refractivity contribution in [3.05, 3.63) is 60.7 Å². The molecule has 10 rings (SSSR count). The van der Waals surface area contributed by atoms with Gasteiger partial charge in [0.15, 0.2) is 23.0 Å². The minimum absolute atomic E-state index is 0.00746. The van der Waals surface area contributed by atoms with E-state index in [1.165, 1.54) is 14.2 Å². The van der Waals surface area contributed by atoms with Crippen LogP contribution in [0.3, 0.4) is 0 Å². The fourth-order valence-electron chi connectivity index (χ4n) is 11.0. The molecule has 2 saturated carbocycles. The summed E-state index contributed by atoms with van der Waals surface area (Å²) in [6.45, 7) is 9.29. The number of para-hydroxylation sites is 2. The first-order chi connectivity index (χ1) is 40.1. The van der Waals surface area contributed by atoms with Crippen LogP contribution >= 0.6 is 0 Å². The van der Waals surface area contributed by atoms with E-state index in [0.717, 1.165) is 63.4 Å². The van der Waals surface area contributed by atoms with Gasteiger partial charge < -0.3 is 80.3 Å². The lowest BCUT2D eigenvalue weighted by Crippen LogP contribution is -2.43. The number of carbonyl (C=O) groups is 5. The zero-order valence-corrected chi connectivity index (χ0v) is 48.0. The molecule has 8 N–H and O–H groups in total. The highest BCUT2D eigenvalue weighted by Crippen LogP contribution is 2.43. The van der Waals surface area contributed by atoms with Crippen molar-refractivity contribution < 1.29 is 66.6 Å². The Morgan fingerprint density at radius 2 is 1.07 bits per heavy atom. The number of aromatic nitrogens is 2. The molecule has 23 nitrogen and oxygen atoms in total. The number of esters is 1.